The Morgan fingerprint density at radius 1 is 0.959 bits per heavy atom. The van der Waals surface area contributed by atoms with E-state index in [0.717, 1.165) is 11.3 Å². The van der Waals surface area contributed by atoms with E-state index in [2.05, 4.69) is 15.3 Å². The van der Waals surface area contributed by atoms with Crippen LogP contribution in [0.25, 0.3) is 11.3 Å². The van der Waals surface area contributed by atoms with Gasteiger partial charge in [0, 0.05) is 13.0 Å². The van der Waals surface area contributed by atoms with Crippen molar-refractivity contribution in [3.8, 4) is 17.0 Å². The van der Waals surface area contributed by atoms with Gasteiger partial charge in [-0.3, -0.25) is 4.79 Å². The van der Waals surface area contributed by atoms with Gasteiger partial charge in [0.05, 0.1) is 30.6 Å². The third kappa shape index (κ3) is 9.04. The SMILES string of the molecule is COc1ccc(CN(C(=O)[C@H](Cc2c(C)cc(C(=O)O)cc2C)NC(=O)OC(C)(C)C)[C@@H](C)c2ncc(-c3ccccc3)[nH]2)cc1C(=O)O. The van der Waals surface area contributed by atoms with Crippen LogP contribution in [0.1, 0.15) is 82.5 Å². The quantitative estimate of drug-likeness (QED) is 0.135. The predicted octanol–water partition coefficient (Wildman–Crippen LogP) is 6.32. The lowest BCUT2D eigenvalue weighted by Crippen LogP contribution is -2.51. The zero-order chi connectivity index (χ0) is 36.0. The van der Waals surface area contributed by atoms with Crippen molar-refractivity contribution in [2.45, 2.75) is 72.2 Å². The van der Waals surface area contributed by atoms with E-state index in [0.29, 0.717) is 28.1 Å². The lowest BCUT2D eigenvalue weighted by Gasteiger charge is -2.33. The van der Waals surface area contributed by atoms with E-state index >= 15 is 0 Å². The van der Waals surface area contributed by atoms with Gasteiger partial charge in [0.25, 0.3) is 0 Å². The fourth-order valence-corrected chi connectivity index (χ4v) is 5.58. The van der Waals surface area contributed by atoms with Crippen LogP contribution >= 0.6 is 0 Å². The Kier molecular flexibility index (Phi) is 11.1. The first-order valence-electron chi connectivity index (χ1n) is 15.7. The molecule has 12 heteroatoms. The molecule has 0 radical (unpaired) electrons. The number of aromatic nitrogens is 2. The van der Waals surface area contributed by atoms with Crippen LogP contribution in [0.5, 0.6) is 5.75 Å². The number of imidazole rings is 1. The number of nitrogens with zero attached hydrogens (tertiary/aromatic N) is 2. The number of carbonyl (C=O) groups excluding carboxylic acids is 2. The van der Waals surface area contributed by atoms with Crippen LogP contribution in [0.15, 0.2) is 66.9 Å². The molecule has 1 aromatic heterocycles. The minimum atomic E-state index is -1.19. The smallest absolute Gasteiger partial charge is 0.408 e. The van der Waals surface area contributed by atoms with E-state index in [1.165, 1.54) is 36.3 Å². The van der Waals surface area contributed by atoms with Crippen molar-refractivity contribution >= 4 is 23.9 Å². The molecule has 0 saturated heterocycles. The van der Waals surface area contributed by atoms with Crippen molar-refractivity contribution in [1.82, 2.24) is 20.2 Å². The molecule has 0 aliphatic heterocycles. The number of carboxylic acid groups (broad SMARTS) is 2. The van der Waals surface area contributed by atoms with Crippen LogP contribution in [0.2, 0.25) is 0 Å². The molecule has 0 fully saturated rings. The maximum absolute atomic E-state index is 14.8. The first-order chi connectivity index (χ1) is 23.1. The van der Waals surface area contributed by atoms with Crippen molar-refractivity contribution in [3.63, 3.8) is 0 Å². The lowest BCUT2D eigenvalue weighted by atomic mass is 9.93. The van der Waals surface area contributed by atoms with Crippen molar-refractivity contribution < 1.29 is 38.9 Å². The molecule has 12 nitrogen and oxygen atoms in total. The Bertz CT molecular complexity index is 1820. The topological polar surface area (TPSA) is 171 Å². The summed E-state index contributed by atoms with van der Waals surface area (Å²) in [6, 6.07) is 15.4. The van der Waals surface area contributed by atoms with Crippen molar-refractivity contribution in [3.05, 3.63) is 106 Å². The number of benzene rings is 3. The minimum Gasteiger partial charge on any atom is -0.496 e. The highest BCUT2D eigenvalue weighted by molar-refractivity contribution is 5.91. The maximum Gasteiger partial charge on any atom is 0.408 e. The number of aromatic carboxylic acids is 2. The molecule has 0 aliphatic rings. The Balaban J connectivity index is 1.80. The molecule has 0 bridgehead atoms. The molecule has 0 spiro atoms. The number of methoxy groups -OCH3 is 1. The summed E-state index contributed by atoms with van der Waals surface area (Å²) in [4.78, 5) is 61.1. The molecular weight excluding hydrogens is 628 g/mol. The van der Waals surface area contributed by atoms with E-state index in [-0.39, 0.29) is 29.8 Å². The van der Waals surface area contributed by atoms with Gasteiger partial charge in [-0.25, -0.2) is 19.4 Å². The standard InChI is InChI=1S/C37H42N4O8/c1-21-15-26(34(43)44)16-22(2)27(21)18-29(40-36(47)49-37(4,5)6)33(42)41(20-24-13-14-31(48-7)28(17-24)35(45)46)23(3)32-38-19-30(39-32)25-11-9-8-10-12-25/h8-17,19,23,29H,18,20H2,1-7H3,(H,38,39)(H,40,47)(H,43,44)(H,45,46)/t23-,29-/m0/s1. The second-order valence-corrected chi connectivity index (χ2v) is 12.8. The van der Waals surface area contributed by atoms with Gasteiger partial charge >= 0.3 is 18.0 Å². The lowest BCUT2D eigenvalue weighted by molar-refractivity contribution is -0.136. The van der Waals surface area contributed by atoms with Gasteiger partial charge < -0.3 is 34.9 Å². The maximum atomic E-state index is 14.8. The summed E-state index contributed by atoms with van der Waals surface area (Å²) in [6.45, 7) is 10.4. The van der Waals surface area contributed by atoms with Crippen LogP contribution < -0.4 is 10.1 Å². The Morgan fingerprint density at radius 3 is 2.18 bits per heavy atom. The summed E-state index contributed by atoms with van der Waals surface area (Å²) in [5.41, 5.74) is 3.29. The molecule has 4 rings (SSSR count). The van der Waals surface area contributed by atoms with Crippen LogP contribution in [0.3, 0.4) is 0 Å². The number of carboxylic acids is 2. The summed E-state index contributed by atoms with van der Waals surface area (Å²) in [7, 11) is 1.38. The number of carbonyl (C=O) groups is 4. The van der Waals surface area contributed by atoms with Crippen LogP contribution in [0.4, 0.5) is 4.79 Å². The number of nitrogens with one attached hydrogen (secondary N) is 2. The number of aromatic amines is 1. The Morgan fingerprint density at radius 2 is 1.61 bits per heavy atom. The van der Waals surface area contributed by atoms with Crippen LogP contribution in [-0.2, 0) is 22.5 Å². The molecule has 0 saturated carbocycles. The fraction of sp³-hybridized carbons (Fsp3) is 0.324. The predicted molar refractivity (Wildman–Crippen MR) is 183 cm³/mol. The second-order valence-electron chi connectivity index (χ2n) is 12.8. The Hall–Kier alpha value is -5.65. The van der Waals surface area contributed by atoms with Gasteiger partial charge in [0.15, 0.2) is 0 Å². The average Bonchev–Trinajstić information content (AvgIpc) is 3.54. The molecule has 0 aliphatic carbocycles. The first-order valence-corrected chi connectivity index (χ1v) is 15.7. The van der Waals surface area contributed by atoms with E-state index in [1.807, 2.05) is 30.3 Å². The fourth-order valence-electron chi connectivity index (χ4n) is 5.58. The average molecular weight is 671 g/mol. The van der Waals surface area contributed by atoms with Crippen LogP contribution in [0, 0.1) is 13.8 Å². The van der Waals surface area contributed by atoms with Gasteiger partial charge in [-0.15, -0.1) is 0 Å². The molecule has 1 heterocycles. The molecule has 49 heavy (non-hydrogen) atoms. The van der Waals surface area contributed by atoms with E-state index < -0.39 is 41.6 Å². The number of H-pyrrole nitrogens is 1. The highest BCUT2D eigenvalue weighted by Gasteiger charge is 2.33. The monoisotopic (exact) mass is 670 g/mol. The van der Waals surface area contributed by atoms with Gasteiger partial charge in [-0.1, -0.05) is 36.4 Å². The highest BCUT2D eigenvalue weighted by Crippen LogP contribution is 2.28. The molecule has 4 N–H and O–H groups in total. The highest BCUT2D eigenvalue weighted by atomic mass is 16.6. The summed E-state index contributed by atoms with van der Waals surface area (Å²) >= 11 is 0. The third-order valence-corrected chi connectivity index (χ3v) is 8.01. The van der Waals surface area contributed by atoms with Crippen LogP contribution in [-0.4, -0.2) is 67.8 Å². The zero-order valence-corrected chi connectivity index (χ0v) is 28.7. The number of hydrogen-bond donors (Lipinski definition) is 4. The molecule has 2 atom stereocenters. The zero-order valence-electron chi connectivity index (χ0n) is 28.7. The van der Waals surface area contributed by atoms with E-state index in [9.17, 15) is 29.4 Å². The summed E-state index contributed by atoms with van der Waals surface area (Å²) in [5, 5.41) is 22.2. The van der Waals surface area contributed by atoms with Crippen molar-refractivity contribution in [2.75, 3.05) is 7.11 Å². The van der Waals surface area contributed by atoms with Gasteiger partial charge in [0.1, 0.15) is 28.8 Å². The summed E-state index contributed by atoms with van der Waals surface area (Å²) in [6.07, 6.45) is 0.889. The van der Waals surface area contributed by atoms with Gasteiger partial charge in [-0.05, 0) is 93.6 Å². The summed E-state index contributed by atoms with van der Waals surface area (Å²) in [5.74, 6) is -2.13. The molecule has 3 aromatic carbocycles. The number of aryl methyl sites for hydroxylation is 2. The number of rotatable bonds is 12. The molecule has 4 aromatic rings. The first kappa shape index (κ1) is 36.2. The number of hydrogen-bond acceptors (Lipinski definition) is 7. The largest absolute Gasteiger partial charge is 0.496 e. The van der Waals surface area contributed by atoms with E-state index in [4.69, 9.17) is 9.47 Å². The second kappa shape index (κ2) is 15.1. The molecule has 2 amide bonds. The van der Waals surface area contributed by atoms with Crippen molar-refractivity contribution in [2.24, 2.45) is 0 Å². The summed E-state index contributed by atoms with van der Waals surface area (Å²) < 4.78 is 10.8. The normalized spacial score (nSPS) is 12.5. The number of ether oxygens (including phenoxy) is 2. The molecule has 258 valence electrons. The van der Waals surface area contributed by atoms with Gasteiger partial charge in [-0.2, -0.15) is 0 Å². The van der Waals surface area contributed by atoms with E-state index in [1.54, 1.807) is 53.8 Å². The number of amides is 2. The molecule has 0 unspecified atom stereocenters. The Labute approximate surface area is 285 Å². The molecular formula is C37H42N4O8. The minimum absolute atomic E-state index is 0.0231. The number of alkyl carbamates (subject to hydrolysis) is 1. The van der Waals surface area contributed by atoms with Gasteiger partial charge in [0.2, 0.25) is 5.91 Å². The van der Waals surface area contributed by atoms with Crippen molar-refractivity contribution in [1.29, 1.82) is 0 Å². The third-order valence-electron chi connectivity index (χ3n) is 8.01.